The third-order valence-corrected chi connectivity index (χ3v) is 11.5. The van der Waals surface area contributed by atoms with Gasteiger partial charge in [0, 0.05) is 27.5 Å². The summed E-state index contributed by atoms with van der Waals surface area (Å²) in [5.74, 6) is 1.83. The van der Waals surface area contributed by atoms with Gasteiger partial charge in [-0.2, -0.15) is 0 Å². The Morgan fingerprint density at radius 2 is 0.590 bits per heavy atom. The van der Waals surface area contributed by atoms with Gasteiger partial charge in [-0.15, -0.1) is 0 Å². The Hall–Kier alpha value is -8.21. The third kappa shape index (κ3) is 6.86. The summed E-state index contributed by atoms with van der Waals surface area (Å²) in [5.41, 5.74) is 15.1. The highest BCUT2D eigenvalue weighted by Gasteiger charge is 2.21. The fourth-order valence-electron chi connectivity index (χ4n) is 8.44. The van der Waals surface area contributed by atoms with Crippen molar-refractivity contribution in [2.75, 3.05) is 0 Å². The molecule has 11 rings (SSSR count). The van der Waals surface area contributed by atoms with Gasteiger partial charge in [-0.05, 0) is 87.0 Å². The van der Waals surface area contributed by atoms with Crippen LogP contribution in [0.1, 0.15) is 0 Å². The van der Waals surface area contributed by atoms with Gasteiger partial charge in [-0.25, -0.2) is 15.0 Å². The fraction of sp³-hybridized carbons (Fsp3) is 0. The number of hydrogen-bond acceptors (Lipinski definition) is 3. The molecule has 0 saturated heterocycles. The molecule has 11 aromatic rings. The van der Waals surface area contributed by atoms with Crippen molar-refractivity contribution in [2.24, 2.45) is 0 Å². The van der Waals surface area contributed by atoms with Gasteiger partial charge >= 0.3 is 0 Å². The Bertz CT molecular complexity index is 3210. The van der Waals surface area contributed by atoms with Gasteiger partial charge in [-0.3, -0.25) is 0 Å². The smallest absolute Gasteiger partial charge is 0.166 e. The monoisotopic (exact) mass is 778 g/mol. The molecule has 4 heteroatoms. The number of benzene rings is 9. The maximum Gasteiger partial charge on any atom is 0.166 e. The van der Waals surface area contributed by atoms with Crippen LogP contribution in [0.3, 0.4) is 0 Å². The standard InChI is InChI=1S/C57H38N4/c1-5-17-39(18-6-1)42-29-31-44(32-30-42)56-58-55(43-23-11-4-12-24-43)59-57(60-56)51-34-33-45(38-54(51)61-52-27-15-13-25-49(52)50-26-14-16-28-53(50)61)48-36-46(40-19-7-2-8-20-40)35-47(37-48)41-21-9-3-10-22-41/h1-38H. The van der Waals surface area contributed by atoms with Gasteiger partial charge in [0.1, 0.15) is 0 Å². The second kappa shape index (κ2) is 15.5. The van der Waals surface area contributed by atoms with E-state index in [4.69, 9.17) is 15.0 Å². The lowest BCUT2D eigenvalue weighted by Crippen LogP contribution is -2.04. The van der Waals surface area contributed by atoms with Crippen molar-refractivity contribution in [3.63, 3.8) is 0 Å². The summed E-state index contributed by atoms with van der Waals surface area (Å²) in [6.07, 6.45) is 0. The molecule has 0 saturated carbocycles. The van der Waals surface area contributed by atoms with E-state index in [1.807, 2.05) is 24.3 Å². The number of para-hydroxylation sites is 2. The average molecular weight is 779 g/mol. The van der Waals surface area contributed by atoms with Crippen LogP contribution in [0.25, 0.3) is 106 Å². The van der Waals surface area contributed by atoms with Crippen LogP contribution < -0.4 is 0 Å². The van der Waals surface area contributed by atoms with Crippen molar-refractivity contribution in [1.29, 1.82) is 0 Å². The van der Waals surface area contributed by atoms with E-state index in [9.17, 15) is 0 Å². The van der Waals surface area contributed by atoms with Crippen LogP contribution in [0.5, 0.6) is 0 Å². The van der Waals surface area contributed by atoms with E-state index < -0.39 is 0 Å². The molecule has 0 aliphatic carbocycles. The van der Waals surface area contributed by atoms with Gasteiger partial charge in [-0.1, -0.05) is 188 Å². The van der Waals surface area contributed by atoms with Crippen molar-refractivity contribution in [3.05, 3.63) is 231 Å². The maximum atomic E-state index is 5.31. The zero-order valence-electron chi connectivity index (χ0n) is 33.2. The molecule has 0 bridgehead atoms. The molecule has 0 amide bonds. The predicted octanol–water partition coefficient (Wildman–Crippen LogP) is 14.6. The molecule has 0 unspecified atom stereocenters. The normalized spacial score (nSPS) is 11.3. The Morgan fingerprint density at radius 1 is 0.246 bits per heavy atom. The van der Waals surface area contributed by atoms with E-state index in [0.29, 0.717) is 17.5 Å². The van der Waals surface area contributed by atoms with Crippen molar-refractivity contribution in [2.45, 2.75) is 0 Å². The summed E-state index contributed by atoms with van der Waals surface area (Å²) in [6, 6.07) is 81.3. The highest BCUT2D eigenvalue weighted by atomic mass is 15.1. The molecule has 4 nitrogen and oxygen atoms in total. The van der Waals surface area contributed by atoms with Crippen LogP contribution in [0.2, 0.25) is 0 Å². The van der Waals surface area contributed by atoms with Gasteiger partial charge in [0.15, 0.2) is 17.5 Å². The lowest BCUT2D eigenvalue weighted by Gasteiger charge is -2.17. The first-order valence-electron chi connectivity index (χ1n) is 20.6. The van der Waals surface area contributed by atoms with Crippen molar-refractivity contribution < 1.29 is 0 Å². The van der Waals surface area contributed by atoms with Crippen LogP contribution in [-0.4, -0.2) is 19.5 Å². The molecular formula is C57H38N4. The summed E-state index contributed by atoms with van der Waals surface area (Å²) >= 11 is 0. The van der Waals surface area contributed by atoms with E-state index in [-0.39, 0.29) is 0 Å². The first-order chi connectivity index (χ1) is 30.2. The molecule has 0 atom stereocenters. The third-order valence-electron chi connectivity index (χ3n) is 11.5. The quantitative estimate of drug-likeness (QED) is 0.154. The molecule has 286 valence electrons. The van der Waals surface area contributed by atoms with Gasteiger partial charge in [0.05, 0.1) is 16.7 Å². The minimum atomic E-state index is 0.599. The molecule has 0 radical (unpaired) electrons. The predicted molar refractivity (Wildman–Crippen MR) is 252 cm³/mol. The number of hydrogen-bond donors (Lipinski definition) is 0. The maximum absolute atomic E-state index is 5.31. The highest BCUT2D eigenvalue weighted by Crippen LogP contribution is 2.40. The van der Waals surface area contributed by atoms with E-state index in [2.05, 4.69) is 211 Å². The molecule has 0 spiro atoms. The Labute approximate surface area is 354 Å². The summed E-state index contributed by atoms with van der Waals surface area (Å²) in [4.78, 5) is 15.7. The van der Waals surface area contributed by atoms with Crippen molar-refractivity contribution in [1.82, 2.24) is 19.5 Å². The van der Waals surface area contributed by atoms with Crippen LogP contribution in [0, 0.1) is 0 Å². The van der Waals surface area contributed by atoms with Gasteiger partial charge < -0.3 is 4.57 Å². The minimum Gasteiger partial charge on any atom is -0.308 e. The van der Waals surface area contributed by atoms with Crippen LogP contribution in [0.4, 0.5) is 0 Å². The SMILES string of the molecule is c1ccc(-c2ccc(-c3nc(-c4ccccc4)nc(-c4ccc(-c5cc(-c6ccccc6)cc(-c6ccccc6)c5)cc4-n4c5ccccc5c5ccccc54)n3)cc2)cc1. The zero-order chi connectivity index (χ0) is 40.5. The molecule has 2 aromatic heterocycles. The van der Waals surface area contributed by atoms with Crippen LogP contribution >= 0.6 is 0 Å². The highest BCUT2D eigenvalue weighted by molar-refractivity contribution is 6.09. The fourth-order valence-corrected chi connectivity index (χ4v) is 8.44. The van der Waals surface area contributed by atoms with Gasteiger partial charge in [0.25, 0.3) is 0 Å². The van der Waals surface area contributed by atoms with Crippen molar-refractivity contribution in [3.8, 4) is 84.4 Å². The van der Waals surface area contributed by atoms with E-state index in [1.165, 1.54) is 21.9 Å². The Kier molecular flexibility index (Phi) is 9.14. The number of aromatic nitrogens is 4. The first kappa shape index (κ1) is 35.9. The molecular weight excluding hydrogens is 741 g/mol. The lowest BCUT2D eigenvalue weighted by atomic mass is 9.92. The van der Waals surface area contributed by atoms with Gasteiger partial charge in [0.2, 0.25) is 0 Å². The average Bonchev–Trinajstić information content (AvgIpc) is 3.69. The summed E-state index contributed by atoms with van der Waals surface area (Å²) in [7, 11) is 0. The second-order valence-electron chi connectivity index (χ2n) is 15.2. The molecule has 9 aromatic carbocycles. The Morgan fingerprint density at radius 3 is 1.10 bits per heavy atom. The summed E-state index contributed by atoms with van der Waals surface area (Å²) < 4.78 is 2.38. The number of nitrogens with zero attached hydrogens (tertiary/aromatic N) is 4. The van der Waals surface area contributed by atoms with Crippen LogP contribution in [0.15, 0.2) is 231 Å². The minimum absolute atomic E-state index is 0.599. The van der Waals surface area contributed by atoms with E-state index in [0.717, 1.165) is 66.8 Å². The summed E-state index contributed by atoms with van der Waals surface area (Å²) in [5, 5.41) is 2.37. The number of rotatable bonds is 8. The number of fused-ring (bicyclic) bond motifs is 3. The lowest BCUT2D eigenvalue weighted by molar-refractivity contribution is 1.06. The van der Waals surface area contributed by atoms with Crippen LogP contribution in [-0.2, 0) is 0 Å². The molecule has 0 aliphatic rings. The summed E-state index contributed by atoms with van der Waals surface area (Å²) in [6.45, 7) is 0. The molecule has 61 heavy (non-hydrogen) atoms. The first-order valence-corrected chi connectivity index (χ1v) is 20.6. The molecule has 0 aliphatic heterocycles. The topological polar surface area (TPSA) is 43.6 Å². The Balaban J connectivity index is 1.16. The zero-order valence-corrected chi connectivity index (χ0v) is 33.2. The van der Waals surface area contributed by atoms with E-state index in [1.54, 1.807) is 0 Å². The second-order valence-corrected chi connectivity index (χ2v) is 15.2. The van der Waals surface area contributed by atoms with E-state index >= 15 is 0 Å². The largest absolute Gasteiger partial charge is 0.308 e. The molecule has 0 fully saturated rings. The van der Waals surface area contributed by atoms with Crippen molar-refractivity contribution >= 4 is 21.8 Å². The molecule has 2 heterocycles. The molecule has 0 N–H and O–H groups in total.